The second-order valence-electron chi connectivity index (χ2n) is 7.90. The van der Waals surface area contributed by atoms with Crippen LogP contribution in [0.4, 0.5) is 14.9 Å². The topological polar surface area (TPSA) is 101 Å². The summed E-state index contributed by atoms with van der Waals surface area (Å²) in [6.07, 6.45) is 1.42. The summed E-state index contributed by atoms with van der Waals surface area (Å²) in [5, 5.41) is 6.15. The lowest BCUT2D eigenvalue weighted by molar-refractivity contribution is 0.0935. The van der Waals surface area contributed by atoms with Gasteiger partial charge in [0.25, 0.3) is 5.91 Å². The van der Waals surface area contributed by atoms with E-state index in [4.69, 9.17) is 9.15 Å². The van der Waals surface area contributed by atoms with E-state index in [2.05, 4.69) is 10.6 Å². The first-order valence-corrected chi connectivity index (χ1v) is 10.6. The first-order valence-electron chi connectivity index (χ1n) is 10.6. The number of piperidine rings is 1. The first kappa shape index (κ1) is 22.3. The van der Waals surface area contributed by atoms with E-state index in [0.717, 1.165) is 0 Å². The minimum Gasteiger partial charge on any atom is -0.493 e. The zero-order valence-electron chi connectivity index (χ0n) is 18.1. The first-order chi connectivity index (χ1) is 15.9. The Balaban J connectivity index is 1.30. The number of rotatable bonds is 5. The Hall–Kier alpha value is -3.88. The second-order valence-corrected chi connectivity index (χ2v) is 7.90. The number of hydrogen-bond acceptors (Lipinski definition) is 5. The molecule has 8 nitrogen and oxygen atoms in total. The molecule has 1 aliphatic heterocycles. The molecule has 4 rings (SSSR count). The predicted octanol–water partition coefficient (Wildman–Crippen LogP) is 3.61. The number of urea groups is 1. The van der Waals surface area contributed by atoms with Gasteiger partial charge in [-0.05, 0) is 55.2 Å². The summed E-state index contributed by atoms with van der Waals surface area (Å²) in [4.78, 5) is 39.0. The molecule has 3 aromatic rings. The number of benzene rings is 2. The van der Waals surface area contributed by atoms with Crippen molar-refractivity contribution in [2.75, 3.05) is 32.1 Å². The van der Waals surface area contributed by atoms with Crippen LogP contribution in [0.25, 0.3) is 11.0 Å². The monoisotopic (exact) mass is 453 g/mol. The molecule has 9 heteroatoms. The predicted molar refractivity (Wildman–Crippen MR) is 121 cm³/mol. The van der Waals surface area contributed by atoms with Crippen molar-refractivity contribution < 1.29 is 23.1 Å². The van der Waals surface area contributed by atoms with Gasteiger partial charge in [0, 0.05) is 30.7 Å². The maximum atomic E-state index is 13.0. The summed E-state index contributed by atoms with van der Waals surface area (Å²) in [6.45, 7) is 1.46. The SMILES string of the molecule is COc1cccc2cc(C(=O)NCC3CCN(C(=O)Nc4ccc(F)cc4)CC3)c(=O)oc12. The lowest BCUT2D eigenvalue weighted by Crippen LogP contribution is -2.43. The molecule has 0 aliphatic carbocycles. The fourth-order valence-corrected chi connectivity index (χ4v) is 3.84. The van der Waals surface area contributed by atoms with Gasteiger partial charge in [0.15, 0.2) is 11.3 Å². The third-order valence-corrected chi connectivity index (χ3v) is 5.74. The zero-order chi connectivity index (χ0) is 23.4. The Kier molecular flexibility index (Phi) is 6.58. The van der Waals surface area contributed by atoms with Crippen LogP contribution in [-0.2, 0) is 0 Å². The van der Waals surface area contributed by atoms with E-state index in [1.165, 1.54) is 37.4 Å². The molecule has 0 radical (unpaired) electrons. The van der Waals surface area contributed by atoms with Crippen LogP contribution in [0.5, 0.6) is 5.75 Å². The number of likely N-dealkylation sites (tertiary alicyclic amines) is 1. The third kappa shape index (κ3) is 5.14. The molecule has 1 saturated heterocycles. The van der Waals surface area contributed by atoms with Crippen molar-refractivity contribution in [3.63, 3.8) is 0 Å². The number of carbonyl (C=O) groups excluding carboxylic acids is 2. The highest BCUT2D eigenvalue weighted by Crippen LogP contribution is 2.24. The van der Waals surface area contributed by atoms with E-state index >= 15 is 0 Å². The molecule has 0 bridgehead atoms. The van der Waals surface area contributed by atoms with Crippen LogP contribution in [0.1, 0.15) is 23.2 Å². The molecule has 3 amide bonds. The molecular formula is C24H24FN3O5. The highest BCUT2D eigenvalue weighted by molar-refractivity contribution is 5.97. The van der Waals surface area contributed by atoms with E-state index in [9.17, 15) is 18.8 Å². The van der Waals surface area contributed by atoms with Crippen molar-refractivity contribution in [2.45, 2.75) is 12.8 Å². The maximum Gasteiger partial charge on any atom is 0.349 e. The highest BCUT2D eigenvalue weighted by Gasteiger charge is 2.24. The Morgan fingerprint density at radius 1 is 1.15 bits per heavy atom. The minimum absolute atomic E-state index is 0.0631. The Morgan fingerprint density at radius 2 is 1.88 bits per heavy atom. The standard InChI is InChI=1S/C24H24FN3O5/c1-32-20-4-2-3-16-13-19(23(30)33-21(16)20)22(29)26-14-15-9-11-28(12-10-15)24(31)27-18-7-5-17(25)6-8-18/h2-8,13,15H,9-12,14H2,1H3,(H,26,29)(H,27,31). The minimum atomic E-state index is -0.725. The summed E-state index contributed by atoms with van der Waals surface area (Å²) in [7, 11) is 1.48. The average molecular weight is 453 g/mol. The molecule has 0 atom stereocenters. The van der Waals surface area contributed by atoms with Crippen LogP contribution >= 0.6 is 0 Å². The van der Waals surface area contributed by atoms with Crippen molar-refractivity contribution in [1.82, 2.24) is 10.2 Å². The molecule has 2 N–H and O–H groups in total. The number of amides is 3. The van der Waals surface area contributed by atoms with Crippen LogP contribution in [-0.4, -0.2) is 43.6 Å². The van der Waals surface area contributed by atoms with E-state index < -0.39 is 11.5 Å². The van der Waals surface area contributed by atoms with Crippen LogP contribution < -0.4 is 21.0 Å². The fraction of sp³-hybridized carbons (Fsp3) is 0.292. The van der Waals surface area contributed by atoms with Crippen LogP contribution in [0.3, 0.4) is 0 Å². The van der Waals surface area contributed by atoms with Gasteiger partial charge in [-0.2, -0.15) is 0 Å². The van der Waals surface area contributed by atoms with Crippen LogP contribution in [0.15, 0.2) is 57.7 Å². The number of halogens is 1. The van der Waals surface area contributed by atoms with E-state index in [-0.39, 0.29) is 23.3 Å². The van der Waals surface area contributed by atoms with Crippen molar-refractivity contribution in [1.29, 1.82) is 0 Å². The summed E-state index contributed by atoms with van der Waals surface area (Å²) < 4.78 is 23.5. The summed E-state index contributed by atoms with van der Waals surface area (Å²) in [5.41, 5.74) is 0.0408. The van der Waals surface area contributed by atoms with Gasteiger partial charge in [0.2, 0.25) is 0 Å². The van der Waals surface area contributed by atoms with Gasteiger partial charge < -0.3 is 24.7 Å². The van der Waals surface area contributed by atoms with Crippen LogP contribution in [0, 0.1) is 11.7 Å². The fourth-order valence-electron chi connectivity index (χ4n) is 3.84. The number of para-hydroxylation sites is 1. The maximum absolute atomic E-state index is 13.0. The Bertz CT molecular complexity index is 1220. The molecule has 1 fully saturated rings. The number of nitrogens with zero attached hydrogens (tertiary/aromatic N) is 1. The lowest BCUT2D eigenvalue weighted by Gasteiger charge is -2.32. The summed E-state index contributed by atoms with van der Waals surface area (Å²) in [5.74, 6) is -0.259. The molecule has 0 spiro atoms. The zero-order valence-corrected chi connectivity index (χ0v) is 18.1. The molecule has 172 valence electrons. The number of methoxy groups -OCH3 is 1. The quantitative estimate of drug-likeness (QED) is 0.575. The molecule has 2 aromatic carbocycles. The van der Waals surface area contributed by atoms with E-state index in [1.807, 2.05) is 0 Å². The van der Waals surface area contributed by atoms with E-state index in [1.54, 1.807) is 23.1 Å². The molecule has 33 heavy (non-hydrogen) atoms. The molecule has 0 saturated carbocycles. The molecular weight excluding hydrogens is 429 g/mol. The van der Waals surface area contributed by atoms with Crippen molar-refractivity contribution >= 4 is 28.6 Å². The van der Waals surface area contributed by atoms with Gasteiger partial charge in [-0.25, -0.2) is 14.0 Å². The molecule has 1 aromatic heterocycles. The normalized spacial score (nSPS) is 14.2. The van der Waals surface area contributed by atoms with Crippen molar-refractivity contribution in [3.8, 4) is 5.75 Å². The number of ether oxygens (including phenoxy) is 1. The summed E-state index contributed by atoms with van der Waals surface area (Å²) >= 11 is 0. The van der Waals surface area contributed by atoms with Crippen molar-refractivity contribution in [3.05, 3.63) is 70.3 Å². The van der Waals surface area contributed by atoms with Gasteiger partial charge in [0.1, 0.15) is 11.4 Å². The number of fused-ring (bicyclic) bond motifs is 1. The van der Waals surface area contributed by atoms with Gasteiger partial charge in [0.05, 0.1) is 7.11 Å². The Morgan fingerprint density at radius 3 is 2.58 bits per heavy atom. The number of anilines is 1. The van der Waals surface area contributed by atoms with Gasteiger partial charge in [-0.15, -0.1) is 0 Å². The smallest absolute Gasteiger partial charge is 0.349 e. The van der Waals surface area contributed by atoms with Gasteiger partial charge in [-0.1, -0.05) is 12.1 Å². The number of hydrogen-bond donors (Lipinski definition) is 2. The molecule has 2 heterocycles. The van der Waals surface area contributed by atoms with Gasteiger partial charge >= 0.3 is 11.7 Å². The average Bonchev–Trinajstić information content (AvgIpc) is 2.83. The second kappa shape index (κ2) is 9.72. The van der Waals surface area contributed by atoms with Crippen LogP contribution in [0.2, 0.25) is 0 Å². The highest BCUT2D eigenvalue weighted by atomic mass is 19.1. The Labute approximate surface area is 189 Å². The lowest BCUT2D eigenvalue weighted by atomic mass is 9.97. The third-order valence-electron chi connectivity index (χ3n) is 5.74. The summed E-state index contributed by atoms with van der Waals surface area (Å²) in [6, 6.07) is 12.0. The number of nitrogens with one attached hydrogen (secondary N) is 2. The molecule has 1 aliphatic rings. The van der Waals surface area contributed by atoms with E-state index in [0.29, 0.717) is 54.9 Å². The number of carbonyl (C=O) groups is 2. The largest absolute Gasteiger partial charge is 0.493 e. The molecule has 0 unspecified atom stereocenters. The van der Waals surface area contributed by atoms with Crippen molar-refractivity contribution in [2.24, 2.45) is 5.92 Å². The van der Waals surface area contributed by atoms with Gasteiger partial charge in [-0.3, -0.25) is 4.79 Å².